The zero-order chi connectivity index (χ0) is 23.4. The standard InChI is InChI=1S/C24H22N4O5/c1-32-20-11-18-19(12-21(20)33-2)27-24(31)28(23(18)30)14-16-3-5-17(6-4-16)22(29)26-13-15-7-9-25-10-8-15/h3-12H,13-14H2,1-2H3,(H,26,29)(H,27,31). The average molecular weight is 446 g/mol. The Morgan fingerprint density at radius 3 is 2.30 bits per heavy atom. The summed E-state index contributed by atoms with van der Waals surface area (Å²) in [5, 5.41) is 3.15. The molecule has 2 heterocycles. The molecule has 0 bridgehead atoms. The number of carbonyl (C=O) groups is 1. The van der Waals surface area contributed by atoms with E-state index in [9.17, 15) is 14.4 Å². The van der Waals surface area contributed by atoms with Crippen LogP contribution in [-0.4, -0.2) is 34.7 Å². The number of H-pyrrole nitrogens is 1. The van der Waals surface area contributed by atoms with Crippen molar-refractivity contribution in [2.75, 3.05) is 14.2 Å². The molecule has 0 aliphatic carbocycles. The van der Waals surface area contributed by atoms with Gasteiger partial charge in [0.1, 0.15) is 0 Å². The SMILES string of the molecule is COc1cc2[nH]c(=O)n(Cc3ccc(C(=O)NCc4ccncc4)cc3)c(=O)c2cc1OC. The van der Waals surface area contributed by atoms with Gasteiger partial charge >= 0.3 is 5.69 Å². The van der Waals surface area contributed by atoms with Gasteiger partial charge in [0.2, 0.25) is 0 Å². The van der Waals surface area contributed by atoms with E-state index in [2.05, 4.69) is 15.3 Å². The van der Waals surface area contributed by atoms with Crippen LogP contribution in [0.4, 0.5) is 0 Å². The molecular weight excluding hydrogens is 424 g/mol. The number of aromatic amines is 1. The molecule has 4 rings (SSSR count). The van der Waals surface area contributed by atoms with E-state index in [1.807, 2.05) is 12.1 Å². The lowest BCUT2D eigenvalue weighted by molar-refractivity contribution is 0.0951. The monoisotopic (exact) mass is 446 g/mol. The summed E-state index contributed by atoms with van der Waals surface area (Å²) >= 11 is 0. The summed E-state index contributed by atoms with van der Waals surface area (Å²) in [6, 6.07) is 13.5. The number of rotatable bonds is 7. The molecule has 168 valence electrons. The molecule has 33 heavy (non-hydrogen) atoms. The second kappa shape index (κ2) is 9.39. The third-order valence-corrected chi connectivity index (χ3v) is 5.25. The molecule has 2 aromatic heterocycles. The quantitative estimate of drug-likeness (QED) is 0.449. The molecule has 0 fully saturated rings. The zero-order valence-corrected chi connectivity index (χ0v) is 18.1. The number of methoxy groups -OCH3 is 2. The Labute approximate surface area is 188 Å². The average Bonchev–Trinajstić information content (AvgIpc) is 2.85. The van der Waals surface area contributed by atoms with Crippen LogP contribution in [0.25, 0.3) is 10.9 Å². The van der Waals surface area contributed by atoms with Crippen LogP contribution in [0.1, 0.15) is 21.5 Å². The lowest BCUT2D eigenvalue weighted by Crippen LogP contribution is -2.35. The summed E-state index contributed by atoms with van der Waals surface area (Å²) in [5.41, 5.74) is 1.49. The van der Waals surface area contributed by atoms with Gasteiger partial charge in [-0.05, 0) is 41.5 Å². The summed E-state index contributed by atoms with van der Waals surface area (Å²) in [4.78, 5) is 44.6. The van der Waals surface area contributed by atoms with Crippen molar-refractivity contribution in [3.05, 3.63) is 98.5 Å². The van der Waals surface area contributed by atoms with Gasteiger partial charge in [0.15, 0.2) is 11.5 Å². The Bertz CT molecular complexity index is 1410. The van der Waals surface area contributed by atoms with Crippen molar-refractivity contribution in [3.8, 4) is 11.5 Å². The van der Waals surface area contributed by atoms with E-state index in [-0.39, 0.29) is 12.5 Å². The number of ether oxygens (including phenoxy) is 2. The molecule has 9 nitrogen and oxygen atoms in total. The highest BCUT2D eigenvalue weighted by atomic mass is 16.5. The van der Waals surface area contributed by atoms with Crippen LogP contribution >= 0.6 is 0 Å². The first-order chi connectivity index (χ1) is 16.0. The summed E-state index contributed by atoms with van der Waals surface area (Å²) in [6.45, 7) is 0.441. The molecule has 0 saturated heterocycles. The van der Waals surface area contributed by atoms with Gasteiger partial charge in [0.25, 0.3) is 11.5 Å². The van der Waals surface area contributed by atoms with Crippen LogP contribution in [0.5, 0.6) is 11.5 Å². The maximum Gasteiger partial charge on any atom is 0.329 e. The Balaban J connectivity index is 1.55. The minimum Gasteiger partial charge on any atom is -0.493 e. The van der Waals surface area contributed by atoms with Gasteiger partial charge in [-0.1, -0.05) is 12.1 Å². The van der Waals surface area contributed by atoms with Crippen LogP contribution in [0.3, 0.4) is 0 Å². The van der Waals surface area contributed by atoms with Gasteiger partial charge < -0.3 is 19.8 Å². The Kier molecular flexibility index (Phi) is 6.21. The minimum atomic E-state index is -0.543. The number of aromatic nitrogens is 3. The fourth-order valence-electron chi connectivity index (χ4n) is 3.45. The second-order valence-electron chi connectivity index (χ2n) is 7.31. The van der Waals surface area contributed by atoms with E-state index in [1.165, 1.54) is 14.2 Å². The third kappa shape index (κ3) is 4.62. The molecule has 0 aliphatic heterocycles. The zero-order valence-electron chi connectivity index (χ0n) is 18.1. The van der Waals surface area contributed by atoms with Crippen LogP contribution in [0.2, 0.25) is 0 Å². The number of benzene rings is 2. The fourth-order valence-corrected chi connectivity index (χ4v) is 3.45. The molecule has 0 saturated carbocycles. The van der Waals surface area contributed by atoms with Crippen molar-refractivity contribution in [2.24, 2.45) is 0 Å². The first-order valence-corrected chi connectivity index (χ1v) is 10.1. The highest BCUT2D eigenvalue weighted by molar-refractivity contribution is 5.94. The molecular formula is C24H22N4O5. The number of pyridine rings is 1. The summed E-state index contributed by atoms with van der Waals surface area (Å²) in [7, 11) is 2.95. The van der Waals surface area contributed by atoms with Gasteiger partial charge in [-0.2, -0.15) is 0 Å². The van der Waals surface area contributed by atoms with Crippen molar-refractivity contribution >= 4 is 16.8 Å². The van der Waals surface area contributed by atoms with E-state index in [0.717, 1.165) is 10.1 Å². The first kappa shape index (κ1) is 21.8. The number of amides is 1. The number of hydrogen-bond donors (Lipinski definition) is 2. The van der Waals surface area contributed by atoms with E-state index in [1.54, 1.807) is 48.8 Å². The molecule has 0 unspecified atom stereocenters. The molecule has 2 aromatic carbocycles. The number of nitrogens with zero attached hydrogens (tertiary/aromatic N) is 2. The number of carbonyl (C=O) groups excluding carboxylic acids is 1. The summed E-state index contributed by atoms with van der Waals surface area (Å²) in [5.74, 6) is 0.582. The van der Waals surface area contributed by atoms with Crippen LogP contribution < -0.4 is 26.0 Å². The lowest BCUT2D eigenvalue weighted by Gasteiger charge is -2.11. The predicted octanol–water partition coefficient (Wildman–Crippen LogP) is 2.08. The molecule has 9 heteroatoms. The van der Waals surface area contributed by atoms with Crippen molar-refractivity contribution in [1.82, 2.24) is 19.9 Å². The molecule has 4 aromatic rings. The van der Waals surface area contributed by atoms with Gasteiger partial charge in [-0.3, -0.25) is 19.1 Å². The Morgan fingerprint density at radius 1 is 0.970 bits per heavy atom. The Morgan fingerprint density at radius 2 is 1.64 bits per heavy atom. The molecule has 0 radical (unpaired) electrons. The van der Waals surface area contributed by atoms with Crippen molar-refractivity contribution < 1.29 is 14.3 Å². The van der Waals surface area contributed by atoms with E-state index in [4.69, 9.17) is 9.47 Å². The van der Waals surface area contributed by atoms with Crippen LogP contribution in [-0.2, 0) is 13.1 Å². The lowest BCUT2D eigenvalue weighted by atomic mass is 10.1. The van der Waals surface area contributed by atoms with E-state index >= 15 is 0 Å². The van der Waals surface area contributed by atoms with Gasteiger partial charge in [0.05, 0.1) is 31.7 Å². The molecule has 0 atom stereocenters. The van der Waals surface area contributed by atoms with Gasteiger partial charge in [-0.15, -0.1) is 0 Å². The van der Waals surface area contributed by atoms with Crippen LogP contribution in [0.15, 0.2) is 70.5 Å². The number of fused-ring (bicyclic) bond motifs is 1. The van der Waals surface area contributed by atoms with Crippen LogP contribution in [0, 0.1) is 0 Å². The van der Waals surface area contributed by atoms with Crippen molar-refractivity contribution in [1.29, 1.82) is 0 Å². The topological polar surface area (TPSA) is 115 Å². The highest BCUT2D eigenvalue weighted by Crippen LogP contribution is 2.29. The first-order valence-electron chi connectivity index (χ1n) is 10.1. The van der Waals surface area contributed by atoms with Crippen molar-refractivity contribution in [2.45, 2.75) is 13.1 Å². The smallest absolute Gasteiger partial charge is 0.329 e. The molecule has 0 aliphatic rings. The minimum absolute atomic E-state index is 0.0529. The Hall–Kier alpha value is -4.40. The van der Waals surface area contributed by atoms with E-state index < -0.39 is 11.2 Å². The number of hydrogen-bond acceptors (Lipinski definition) is 6. The van der Waals surface area contributed by atoms with E-state index in [0.29, 0.717) is 40.1 Å². The normalized spacial score (nSPS) is 10.7. The van der Waals surface area contributed by atoms with Gasteiger partial charge in [-0.25, -0.2) is 4.79 Å². The molecule has 1 amide bonds. The van der Waals surface area contributed by atoms with Gasteiger partial charge in [0, 0.05) is 30.6 Å². The fraction of sp³-hybridized carbons (Fsp3) is 0.167. The van der Waals surface area contributed by atoms with Crippen molar-refractivity contribution in [3.63, 3.8) is 0 Å². The highest BCUT2D eigenvalue weighted by Gasteiger charge is 2.13. The summed E-state index contributed by atoms with van der Waals surface area (Å²) < 4.78 is 11.6. The number of nitrogens with one attached hydrogen (secondary N) is 2. The largest absolute Gasteiger partial charge is 0.493 e. The third-order valence-electron chi connectivity index (χ3n) is 5.25. The summed E-state index contributed by atoms with van der Waals surface area (Å²) in [6.07, 6.45) is 3.33. The maximum atomic E-state index is 13.0. The molecule has 0 spiro atoms. The predicted molar refractivity (Wildman–Crippen MR) is 123 cm³/mol. The molecule has 2 N–H and O–H groups in total. The second-order valence-corrected chi connectivity index (χ2v) is 7.31. The maximum absolute atomic E-state index is 13.0.